The molecule has 0 saturated heterocycles. The molecule has 132 valence electrons. The van der Waals surface area contributed by atoms with Crippen molar-refractivity contribution in [3.63, 3.8) is 0 Å². The van der Waals surface area contributed by atoms with Crippen molar-refractivity contribution >= 4 is 27.5 Å². The van der Waals surface area contributed by atoms with E-state index < -0.39 is 21.7 Å². The Morgan fingerprint density at radius 2 is 2.00 bits per heavy atom. The number of rotatable bonds is 4. The lowest BCUT2D eigenvalue weighted by molar-refractivity contribution is -0.116. The van der Waals surface area contributed by atoms with Crippen LogP contribution in [0.2, 0.25) is 0 Å². The molecule has 1 aliphatic heterocycles. The standard InChI is InChI=1S/C18H15N3O4S/c19-10-12-2-1-3-13(8-12)11-26(24,25)21-18(23)15-4-6-16-14(9-15)5-7-17(22)20-16/h1-4,6,8-9H,5,7,11H2,(H,20,22)(H,21,23). The molecule has 0 bridgehead atoms. The molecule has 2 aromatic carbocycles. The molecule has 1 aliphatic rings. The first-order valence-electron chi connectivity index (χ1n) is 7.83. The van der Waals surface area contributed by atoms with Gasteiger partial charge in [0.15, 0.2) is 0 Å². The van der Waals surface area contributed by atoms with Gasteiger partial charge in [-0.25, -0.2) is 13.1 Å². The predicted octanol–water partition coefficient (Wildman–Crippen LogP) is 1.70. The molecule has 0 saturated carbocycles. The SMILES string of the molecule is N#Cc1cccc(CS(=O)(=O)NC(=O)c2ccc3c(c2)CCC(=O)N3)c1. The second-order valence-electron chi connectivity index (χ2n) is 5.92. The zero-order chi connectivity index (χ0) is 18.7. The van der Waals surface area contributed by atoms with Crippen molar-refractivity contribution in [1.82, 2.24) is 4.72 Å². The summed E-state index contributed by atoms with van der Waals surface area (Å²) in [6.07, 6.45) is 0.821. The number of sulfonamides is 1. The molecule has 26 heavy (non-hydrogen) atoms. The normalized spacial score (nSPS) is 13.3. The van der Waals surface area contributed by atoms with Gasteiger partial charge in [0.2, 0.25) is 15.9 Å². The van der Waals surface area contributed by atoms with Gasteiger partial charge >= 0.3 is 0 Å². The molecule has 2 amide bonds. The van der Waals surface area contributed by atoms with Gasteiger partial charge in [0.25, 0.3) is 5.91 Å². The van der Waals surface area contributed by atoms with E-state index in [0.717, 1.165) is 5.56 Å². The minimum absolute atomic E-state index is 0.0862. The van der Waals surface area contributed by atoms with Gasteiger partial charge in [0.05, 0.1) is 17.4 Å². The summed E-state index contributed by atoms with van der Waals surface area (Å²) in [5, 5.41) is 11.6. The Bertz CT molecular complexity index is 1040. The third-order valence-corrected chi connectivity index (χ3v) is 5.13. The van der Waals surface area contributed by atoms with Crippen molar-refractivity contribution in [1.29, 1.82) is 5.26 Å². The molecule has 3 rings (SSSR count). The van der Waals surface area contributed by atoms with E-state index in [1.807, 2.05) is 10.8 Å². The number of nitriles is 1. The molecule has 0 aliphatic carbocycles. The van der Waals surface area contributed by atoms with Gasteiger partial charge in [-0.2, -0.15) is 5.26 Å². The zero-order valence-corrected chi connectivity index (χ0v) is 14.5. The van der Waals surface area contributed by atoms with Crippen LogP contribution in [0.3, 0.4) is 0 Å². The van der Waals surface area contributed by atoms with E-state index in [1.165, 1.54) is 12.1 Å². The minimum Gasteiger partial charge on any atom is -0.326 e. The van der Waals surface area contributed by atoms with Crippen LogP contribution in [-0.4, -0.2) is 20.2 Å². The van der Waals surface area contributed by atoms with Crippen LogP contribution in [-0.2, 0) is 27.0 Å². The zero-order valence-electron chi connectivity index (χ0n) is 13.7. The molecule has 7 nitrogen and oxygen atoms in total. The summed E-state index contributed by atoms with van der Waals surface area (Å²) in [7, 11) is -3.92. The minimum atomic E-state index is -3.92. The van der Waals surface area contributed by atoms with Gasteiger partial charge in [0, 0.05) is 17.7 Å². The number of carbonyl (C=O) groups excluding carboxylic acids is 2. The Morgan fingerprint density at radius 1 is 1.19 bits per heavy atom. The van der Waals surface area contributed by atoms with Crippen molar-refractivity contribution in [3.05, 3.63) is 64.7 Å². The second kappa shape index (κ2) is 6.98. The third-order valence-electron chi connectivity index (χ3n) is 3.92. The number of hydrogen-bond donors (Lipinski definition) is 2. The highest BCUT2D eigenvalue weighted by Gasteiger charge is 2.20. The van der Waals surface area contributed by atoms with Gasteiger partial charge in [-0.3, -0.25) is 9.59 Å². The van der Waals surface area contributed by atoms with E-state index in [0.29, 0.717) is 29.7 Å². The topological polar surface area (TPSA) is 116 Å². The van der Waals surface area contributed by atoms with Crippen LogP contribution in [0.15, 0.2) is 42.5 Å². The van der Waals surface area contributed by atoms with E-state index in [4.69, 9.17) is 5.26 Å². The summed E-state index contributed by atoms with van der Waals surface area (Å²) >= 11 is 0. The number of hydrogen-bond acceptors (Lipinski definition) is 5. The number of nitrogens with one attached hydrogen (secondary N) is 2. The molecule has 0 radical (unpaired) electrons. The van der Waals surface area contributed by atoms with Gasteiger partial charge < -0.3 is 5.32 Å². The first-order valence-corrected chi connectivity index (χ1v) is 9.48. The van der Waals surface area contributed by atoms with E-state index in [-0.39, 0.29) is 11.5 Å². The highest BCUT2D eigenvalue weighted by atomic mass is 32.2. The molecule has 0 fully saturated rings. The first-order chi connectivity index (χ1) is 12.4. The largest absolute Gasteiger partial charge is 0.326 e. The summed E-state index contributed by atoms with van der Waals surface area (Å²) in [5.41, 5.74) is 2.39. The number of carbonyl (C=O) groups is 2. The van der Waals surface area contributed by atoms with Crippen LogP contribution < -0.4 is 10.0 Å². The number of anilines is 1. The van der Waals surface area contributed by atoms with E-state index in [9.17, 15) is 18.0 Å². The number of aryl methyl sites for hydroxylation is 1. The van der Waals surface area contributed by atoms with Gasteiger partial charge in [-0.1, -0.05) is 12.1 Å². The number of amides is 2. The average molecular weight is 369 g/mol. The van der Waals surface area contributed by atoms with Crippen LogP contribution in [0.5, 0.6) is 0 Å². The highest BCUT2D eigenvalue weighted by Crippen LogP contribution is 2.23. The Kier molecular flexibility index (Phi) is 4.73. The Balaban J connectivity index is 1.74. The molecular weight excluding hydrogens is 354 g/mol. The molecule has 0 unspecified atom stereocenters. The lowest BCUT2D eigenvalue weighted by Crippen LogP contribution is -2.32. The van der Waals surface area contributed by atoms with Crippen molar-refractivity contribution in [2.45, 2.75) is 18.6 Å². The van der Waals surface area contributed by atoms with Gasteiger partial charge in [0.1, 0.15) is 0 Å². The lowest BCUT2D eigenvalue weighted by Gasteiger charge is -2.17. The maximum Gasteiger partial charge on any atom is 0.264 e. The fraction of sp³-hybridized carbons (Fsp3) is 0.167. The van der Waals surface area contributed by atoms with Crippen LogP contribution in [0.4, 0.5) is 5.69 Å². The average Bonchev–Trinajstić information content (AvgIpc) is 2.60. The third kappa shape index (κ3) is 4.07. The summed E-state index contributed by atoms with van der Waals surface area (Å²) in [6, 6.07) is 12.8. The molecule has 0 aromatic heterocycles. The summed E-state index contributed by atoms with van der Waals surface area (Å²) < 4.78 is 26.5. The maximum atomic E-state index is 12.3. The van der Waals surface area contributed by atoms with Crippen LogP contribution >= 0.6 is 0 Å². The molecule has 0 atom stereocenters. The summed E-state index contributed by atoms with van der Waals surface area (Å²) in [4.78, 5) is 23.7. The van der Waals surface area contributed by atoms with Crippen molar-refractivity contribution in [2.24, 2.45) is 0 Å². The first kappa shape index (κ1) is 17.6. The number of fused-ring (bicyclic) bond motifs is 1. The molecule has 8 heteroatoms. The van der Waals surface area contributed by atoms with Gasteiger partial charge in [-0.05, 0) is 47.9 Å². The smallest absolute Gasteiger partial charge is 0.264 e. The summed E-state index contributed by atoms with van der Waals surface area (Å²) in [5.74, 6) is -1.23. The number of benzene rings is 2. The molecule has 0 spiro atoms. The van der Waals surface area contributed by atoms with Crippen molar-refractivity contribution < 1.29 is 18.0 Å². The lowest BCUT2D eigenvalue weighted by atomic mass is 10.0. The van der Waals surface area contributed by atoms with E-state index >= 15 is 0 Å². The fourth-order valence-corrected chi connectivity index (χ4v) is 3.80. The number of nitrogens with zero attached hydrogens (tertiary/aromatic N) is 1. The van der Waals surface area contributed by atoms with Crippen LogP contribution in [0.1, 0.15) is 33.5 Å². The van der Waals surface area contributed by atoms with Crippen molar-refractivity contribution in [3.8, 4) is 6.07 Å². The van der Waals surface area contributed by atoms with Crippen LogP contribution in [0.25, 0.3) is 0 Å². The van der Waals surface area contributed by atoms with Gasteiger partial charge in [-0.15, -0.1) is 0 Å². The molecular formula is C18H15N3O4S. The second-order valence-corrected chi connectivity index (χ2v) is 7.64. The van der Waals surface area contributed by atoms with Crippen molar-refractivity contribution in [2.75, 3.05) is 5.32 Å². The summed E-state index contributed by atoms with van der Waals surface area (Å²) in [6.45, 7) is 0. The molecule has 1 heterocycles. The van der Waals surface area contributed by atoms with E-state index in [2.05, 4.69) is 5.32 Å². The predicted molar refractivity (Wildman–Crippen MR) is 94.6 cm³/mol. The Hall–Kier alpha value is -3.18. The molecule has 2 aromatic rings. The van der Waals surface area contributed by atoms with E-state index in [1.54, 1.807) is 30.3 Å². The quantitative estimate of drug-likeness (QED) is 0.851. The highest BCUT2D eigenvalue weighted by molar-refractivity contribution is 7.89. The maximum absolute atomic E-state index is 12.3. The van der Waals surface area contributed by atoms with Crippen LogP contribution in [0, 0.1) is 11.3 Å². The monoisotopic (exact) mass is 369 g/mol. The molecule has 2 N–H and O–H groups in total. The Morgan fingerprint density at radius 3 is 2.77 bits per heavy atom. The Labute approximate surface area is 150 Å². The fourth-order valence-electron chi connectivity index (χ4n) is 2.71.